The van der Waals surface area contributed by atoms with Gasteiger partial charge in [-0.2, -0.15) is 0 Å². The fourth-order valence-electron chi connectivity index (χ4n) is 1.19. The molecule has 1 atom stereocenters. The van der Waals surface area contributed by atoms with Gasteiger partial charge in [-0.1, -0.05) is 27.7 Å². The zero-order valence-electron chi connectivity index (χ0n) is 8.76. The third kappa shape index (κ3) is 3.35. The molecule has 2 heteroatoms. The number of carbonyl (C=O) groups is 1. The first kappa shape index (κ1) is 11.6. The number of hydrogen-bond donors (Lipinski definition) is 0. The van der Waals surface area contributed by atoms with E-state index in [-0.39, 0.29) is 5.41 Å². The molecule has 1 unspecified atom stereocenters. The summed E-state index contributed by atoms with van der Waals surface area (Å²) in [6, 6.07) is 0. The second-order valence-corrected chi connectivity index (χ2v) is 3.59. The minimum absolute atomic E-state index is 0.147. The molecule has 0 aromatic carbocycles. The van der Waals surface area contributed by atoms with Crippen molar-refractivity contribution in [2.45, 2.75) is 34.1 Å². The first-order chi connectivity index (χ1) is 5.61. The number of nitrogens with zero attached hydrogens (tertiary/aromatic N) is 1. The summed E-state index contributed by atoms with van der Waals surface area (Å²) in [4.78, 5) is 13.1. The molecule has 0 aliphatic rings. The first-order valence-electron chi connectivity index (χ1n) is 4.80. The molecule has 0 bridgehead atoms. The Bertz CT molecular complexity index is 132. The normalized spacial score (nSPS) is 16.1. The molecule has 0 saturated carbocycles. The molecule has 0 aliphatic heterocycles. The van der Waals surface area contributed by atoms with Gasteiger partial charge in [-0.3, -0.25) is 0 Å². The van der Waals surface area contributed by atoms with Gasteiger partial charge in [0.1, 0.15) is 6.29 Å². The standard InChI is InChI=1S/C10H21NO/c1-5-10(4,9-12)8-11(6-2)7-3/h9H,5-8H2,1-4H3. The lowest BCUT2D eigenvalue weighted by Crippen LogP contribution is -2.36. The van der Waals surface area contributed by atoms with Gasteiger partial charge < -0.3 is 9.69 Å². The van der Waals surface area contributed by atoms with Crippen LogP contribution in [0.25, 0.3) is 0 Å². The smallest absolute Gasteiger partial charge is 0.127 e. The van der Waals surface area contributed by atoms with E-state index in [1.54, 1.807) is 0 Å². The van der Waals surface area contributed by atoms with E-state index in [4.69, 9.17) is 0 Å². The lowest BCUT2D eigenvalue weighted by Gasteiger charge is -2.28. The Balaban J connectivity index is 4.08. The van der Waals surface area contributed by atoms with Gasteiger partial charge in [-0.15, -0.1) is 0 Å². The Hall–Kier alpha value is -0.370. The van der Waals surface area contributed by atoms with Gasteiger partial charge in [-0.05, 0) is 19.5 Å². The molecule has 0 aliphatic carbocycles. The molecular weight excluding hydrogens is 150 g/mol. The number of hydrogen-bond acceptors (Lipinski definition) is 2. The van der Waals surface area contributed by atoms with E-state index in [0.717, 1.165) is 32.3 Å². The molecule has 0 rings (SSSR count). The summed E-state index contributed by atoms with van der Waals surface area (Å²) in [6.45, 7) is 11.3. The van der Waals surface area contributed by atoms with Crippen LogP contribution in [0, 0.1) is 5.41 Å². The molecule has 0 radical (unpaired) electrons. The highest BCUT2D eigenvalue weighted by molar-refractivity contribution is 5.58. The highest BCUT2D eigenvalue weighted by atomic mass is 16.1. The number of aldehydes is 1. The second-order valence-electron chi connectivity index (χ2n) is 3.59. The highest BCUT2D eigenvalue weighted by Gasteiger charge is 2.23. The van der Waals surface area contributed by atoms with Crippen LogP contribution in [0.5, 0.6) is 0 Å². The van der Waals surface area contributed by atoms with Gasteiger partial charge in [0, 0.05) is 12.0 Å². The van der Waals surface area contributed by atoms with Gasteiger partial charge in [0.2, 0.25) is 0 Å². The summed E-state index contributed by atoms with van der Waals surface area (Å²) in [7, 11) is 0. The van der Waals surface area contributed by atoms with E-state index in [1.165, 1.54) is 0 Å². The quantitative estimate of drug-likeness (QED) is 0.569. The predicted octanol–water partition coefficient (Wildman–Crippen LogP) is 1.94. The van der Waals surface area contributed by atoms with Crippen LogP contribution in [-0.2, 0) is 4.79 Å². The average molecular weight is 171 g/mol. The van der Waals surface area contributed by atoms with Crippen LogP contribution in [0.4, 0.5) is 0 Å². The van der Waals surface area contributed by atoms with Gasteiger partial charge >= 0.3 is 0 Å². The van der Waals surface area contributed by atoms with Crippen molar-refractivity contribution in [3.05, 3.63) is 0 Å². The SMILES string of the molecule is CCN(CC)CC(C)(C=O)CC. The minimum Gasteiger partial charge on any atom is -0.303 e. The fourth-order valence-corrected chi connectivity index (χ4v) is 1.19. The summed E-state index contributed by atoms with van der Waals surface area (Å²) in [5.74, 6) is 0. The van der Waals surface area contributed by atoms with Crippen molar-refractivity contribution in [1.29, 1.82) is 0 Å². The summed E-state index contributed by atoms with van der Waals surface area (Å²) in [5, 5.41) is 0. The van der Waals surface area contributed by atoms with Crippen LogP contribution >= 0.6 is 0 Å². The minimum atomic E-state index is -0.147. The molecule has 72 valence electrons. The number of rotatable bonds is 6. The third-order valence-electron chi connectivity index (χ3n) is 2.57. The van der Waals surface area contributed by atoms with Crippen molar-refractivity contribution in [2.24, 2.45) is 5.41 Å². The van der Waals surface area contributed by atoms with Crippen LogP contribution in [0.15, 0.2) is 0 Å². The van der Waals surface area contributed by atoms with Crippen molar-refractivity contribution in [3.8, 4) is 0 Å². The van der Waals surface area contributed by atoms with Crippen LogP contribution in [0.3, 0.4) is 0 Å². The van der Waals surface area contributed by atoms with Gasteiger partial charge in [-0.25, -0.2) is 0 Å². The molecule has 0 aromatic rings. The van der Waals surface area contributed by atoms with Crippen molar-refractivity contribution < 1.29 is 4.79 Å². The average Bonchev–Trinajstić information content (AvgIpc) is 2.14. The Morgan fingerprint density at radius 1 is 1.25 bits per heavy atom. The highest BCUT2D eigenvalue weighted by Crippen LogP contribution is 2.18. The molecular formula is C10H21NO. The molecule has 12 heavy (non-hydrogen) atoms. The first-order valence-corrected chi connectivity index (χ1v) is 4.80. The van der Waals surface area contributed by atoms with Crippen LogP contribution in [-0.4, -0.2) is 30.8 Å². The Labute approximate surface area is 75.9 Å². The summed E-state index contributed by atoms with van der Waals surface area (Å²) < 4.78 is 0. The monoisotopic (exact) mass is 171 g/mol. The summed E-state index contributed by atoms with van der Waals surface area (Å²) >= 11 is 0. The van der Waals surface area contributed by atoms with Gasteiger partial charge in [0.05, 0.1) is 0 Å². The third-order valence-corrected chi connectivity index (χ3v) is 2.57. The maximum atomic E-state index is 10.8. The summed E-state index contributed by atoms with van der Waals surface area (Å²) in [5.41, 5.74) is -0.147. The van der Waals surface area contributed by atoms with Crippen molar-refractivity contribution in [2.75, 3.05) is 19.6 Å². The maximum absolute atomic E-state index is 10.8. The predicted molar refractivity (Wildman–Crippen MR) is 52.3 cm³/mol. The molecule has 0 N–H and O–H groups in total. The van der Waals surface area contributed by atoms with Crippen molar-refractivity contribution >= 4 is 6.29 Å². The number of carbonyl (C=O) groups excluding carboxylic acids is 1. The topological polar surface area (TPSA) is 20.3 Å². The molecule has 0 fully saturated rings. The summed E-state index contributed by atoms with van der Waals surface area (Å²) in [6.07, 6.45) is 2.01. The molecule has 0 aromatic heterocycles. The van der Waals surface area contributed by atoms with Crippen LogP contribution < -0.4 is 0 Å². The molecule has 0 amide bonds. The van der Waals surface area contributed by atoms with Crippen LogP contribution in [0.2, 0.25) is 0 Å². The van der Waals surface area contributed by atoms with E-state index in [0.29, 0.717) is 0 Å². The Morgan fingerprint density at radius 2 is 1.75 bits per heavy atom. The molecule has 0 spiro atoms. The van der Waals surface area contributed by atoms with E-state index in [9.17, 15) is 4.79 Å². The second kappa shape index (κ2) is 5.31. The van der Waals surface area contributed by atoms with E-state index < -0.39 is 0 Å². The lowest BCUT2D eigenvalue weighted by molar-refractivity contribution is -0.116. The maximum Gasteiger partial charge on any atom is 0.127 e. The molecule has 0 saturated heterocycles. The van der Waals surface area contributed by atoms with E-state index in [1.807, 2.05) is 6.92 Å². The zero-order chi connectivity index (χ0) is 9.61. The van der Waals surface area contributed by atoms with Gasteiger partial charge in [0.25, 0.3) is 0 Å². The Morgan fingerprint density at radius 3 is 2.00 bits per heavy atom. The van der Waals surface area contributed by atoms with Crippen molar-refractivity contribution in [3.63, 3.8) is 0 Å². The lowest BCUT2D eigenvalue weighted by atomic mass is 9.89. The van der Waals surface area contributed by atoms with E-state index >= 15 is 0 Å². The zero-order valence-corrected chi connectivity index (χ0v) is 8.76. The molecule has 0 heterocycles. The van der Waals surface area contributed by atoms with E-state index in [2.05, 4.69) is 25.7 Å². The van der Waals surface area contributed by atoms with Crippen molar-refractivity contribution in [1.82, 2.24) is 4.90 Å². The fraction of sp³-hybridized carbons (Fsp3) is 0.900. The van der Waals surface area contributed by atoms with Gasteiger partial charge in [0.15, 0.2) is 0 Å². The van der Waals surface area contributed by atoms with Crippen LogP contribution in [0.1, 0.15) is 34.1 Å². The largest absolute Gasteiger partial charge is 0.303 e. The Kier molecular flexibility index (Phi) is 5.14. The molecule has 2 nitrogen and oxygen atoms in total.